The van der Waals surface area contributed by atoms with Gasteiger partial charge in [0, 0.05) is 23.7 Å². The maximum Gasteiger partial charge on any atom is 0.221 e. The first-order valence-corrected chi connectivity index (χ1v) is 10.8. The minimum atomic E-state index is -0.162. The van der Waals surface area contributed by atoms with E-state index >= 15 is 0 Å². The smallest absolute Gasteiger partial charge is 0.221 e. The Labute approximate surface area is 184 Å². The van der Waals surface area contributed by atoms with E-state index in [0.717, 1.165) is 11.4 Å². The fraction of sp³-hybridized carbons (Fsp3) is 0.227. The SMILES string of the molecule is COc1ccc(N2C(=S)N[C@H](c3ccccn3)[C@@H]2c2sccc2C)cc1NC(C)=O. The zero-order valence-electron chi connectivity index (χ0n) is 16.9. The number of aryl methyl sites for hydroxylation is 1. The quantitative estimate of drug-likeness (QED) is 0.568. The van der Waals surface area contributed by atoms with Gasteiger partial charge in [0.2, 0.25) is 5.91 Å². The van der Waals surface area contributed by atoms with Gasteiger partial charge >= 0.3 is 0 Å². The number of benzene rings is 1. The van der Waals surface area contributed by atoms with Crippen molar-refractivity contribution in [1.82, 2.24) is 10.3 Å². The molecular weight excluding hydrogens is 416 g/mol. The number of hydrogen-bond donors (Lipinski definition) is 2. The van der Waals surface area contributed by atoms with Gasteiger partial charge in [-0.3, -0.25) is 9.78 Å². The number of thiocarbonyl (C=S) groups is 1. The van der Waals surface area contributed by atoms with Gasteiger partial charge in [-0.1, -0.05) is 6.07 Å². The number of hydrogen-bond acceptors (Lipinski definition) is 5. The molecule has 1 fully saturated rings. The van der Waals surface area contributed by atoms with Crippen LogP contribution in [0.15, 0.2) is 54.0 Å². The molecule has 1 saturated heterocycles. The van der Waals surface area contributed by atoms with Crippen molar-refractivity contribution < 1.29 is 9.53 Å². The summed E-state index contributed by atoms with van der Waals surface area (Å²) < 4.78 is 5.41. The fourth-order valence-corrected chi connectivity index (χ4v) is 5.12. The molecule has 0 aliphatic carbocycles. The summed E-state index contributed by atoms with van der Waals surface area (Å²) in [6, 6.07) is 13.5. The van der Waals surface area contributed by atoms with Gasteiger partial charge in [0.25, 0.3) is 0 Å². The van der Waals surface area contributed by atoms with Gasteiger partial charge in [-0.2, -0.15) is 0 Å². The highest BCUT2D eigenvalue weighted by Gasteiger charge is 2.42. The number of pyridine rings is 1. The van der Waals surface area contributed by atoms with Gasteiger partial charge in [0.1, 0.15) is 5.75 Å². The van der Waals surface area contributed by atoms with Crippen LogP contribution in [-0.2, 0) is 4.79 Å². The van der Waals surface area contributed by atoms with E-state index in [1.165, 1.54) is 17.4 Å². The largest absolute Gasteiger partial charge is 0.495 e. The van der Waals surface area contributed by atoms with Crippen molar-refractivity contribution in [3.05, 3.63) is 70.2 Å². The molecule has 0 unspecified atom stereocenters. The number of thiophene rings is 1. The highest BCUT2D eigenvalue weighted by molar-refractivity contribution is 7.80. The first-order valence-electron chi connectivity index (χ1n) is 9.50. The van der Waals surface area contributed by atoms with E-state index in [1.54, 1.807) is 24.6 Å². The number of anilines is 2. The summed E-state index contributed by atoms with van der Waals surface area (Å²) in [5.41, 5.74) is 3.61. The topological polar surface area (TPSA) is 66.5 Å². The van der Waals surface area contributed by atoms with Gasteiger partial charge in [-0.15, -0.1) is 11.3 Å². The van der Waals surface area contributed by atoms with Crippen LogP contribution in [0.1, 0.15) is 35.1 Å². The molecule has 154 valence electrons. The number of carbonyl (C=O) groups is 1. The molecule has 2 N–H and O–H groups in total. The molecule has 2 aromatic heterocycles. The van der Waals surface area contributed by atoms with Crippen molar-refractivity contribution in [2.75, 3.05) is 17.3 Å². The van der Waals surface area contributed by atoms with Crippen molar-refractivity contribution in [1.29, 1.82) is 0 Å². The molecule has 0 radical (unpaired) electrons. The molecule has 1 aliphatic heterocycles. The number of aromatic nitrogens is 1. The lowest BCUT2D eigenvalue weighted by Gasteiger charge is -2.28. The van der Waals surface area contributed by atoms with Crippen LogP contribution in [0.4, 0.5) is 11.4 Å². The molecule has 2 atom stereocenters. The molecule has 1 aromatic carbocycles. The Balaban J connectivity index is 1.82. The Morgan fingerprint density at radius 2 is 2.13 bits per heavy atom. The van der Waals surface area contributed by atoms with E-state index in [4.69, 9.17) is 17.0 Å². The minimum Gasteiger partial charge on any atom is -0.495 e. The highest BCUT2D eigenvalue weighted by Crippen LogP contribution is 2.45. The Bertz CT molecular complexity index is 1080. The van der Waals surface area contributed by atoms with Crippen molar-refractivity contribution in [3.63, 3.8) is 0 Å². The third-order valence-corrected chi connectivity index (χ3v) is 6.44. The van der Waals surface area contributed by atoms with E-state index in [2.05, 4.69) is 38.9 Å². The lowest BCUT2D eigenvalue weighted by molar-refractivity contribution is -0.114. The van der Waals surface area contributed by atoms with Crippen LogP contribution in [0, 0.1) is 6.92 Å². The summed E-state index contributed by atoms with van der Waals surface area (Å²) in [5, 5.41) is 9.01. The second-order valence-corrected chi connectivity index (χ2v) is 8.36. The molecule has 0 bridgehead atoms. The van der Waals surface area contributed by atoms with Crippen LogP contribution < -0.4 is 20.3 Å². The zero-order chi connectivity index (χ0) is 21.3. The predicted octanol–water partition coefficient (Wildman–Crippen LogP) is 4.60. The second-order valence-electron chi connectivity index (χ2n) is 7.03. The first kappa shape index (κ1) is 20.3. The average Bonchev–Trinajstić information content (AvgIpc) is 3.30. The van der Waals surface area contributed by atoms with Crippen LogP contribution in [-0.4, -0.2) is 23.1 Å². The van der Waals surface area contributed by atoms with Crippen LogP contribution >= 0.6 is 23.6 Å². The average molecular weight is 439 g/mol. The maximum atomic E-state index is 11.7. The summed E-state index contributed by atoms with van der Waals surface area (Å²) >= 11 is 7.46. The molecule has 4 rings (SSSR count). The summed E-state index contributed by atoms with van der Waals surface area (Å²) in [7, 11) is 1.58. The van der Waals surface area contributed by atoms with Gasteiger partial charge in [0.05, 0.1) is 30.6 Å². The Hall–Kier alpha value is -2.97. The number of rotatable bonds is 5. The fourth-order valence-electron chi connectivity index (χ4n) is 3.72. The summed E-state index contributed by atoms with van der Waals surface area (Å²) in [5.74, 6) is 0.432. The van der Waals surface area contributed by atoms with Crippen molar-refractivity contribution in [3.8, 4) is 5.75 Å². The van der Waals surface area contributed by atoms with E-state index in [-0.39, 0.29) is 18.0 Å². The molecule has 3 heterocycles. The lowest BCUT2D eigenvalue weighted by atomic mass is 10.0. The molecule has 6 nitrogen and oxygen atoms in total. The molecule has 30 heavy (non-hydrogen) atoms. The Morgan fingerprint density at radius 1 is 1.30 bits per heavy atom. The molecular formula is C22H22N4O2S2. The van der Waals surface area contributed by atoms with E-state index in [0.29, 0.717) is 16.5 Å². The zero-order valence-corrected chi connectivity index (χ0v) is 18.5. The van der Waals surface area contributed by atoms with Crippen LogP contribution in [0.5, 0.6) is 5.75 Å². The number of amides is 1. The van der Waals surface area contributed by atoms with E-state index < -0.39 is 0 Å². The minimum absolute atomic E-state index is 0.0639. The van der Waals surface area contributed by atoms with Crippen molar-refractivity contribution >= 4 is 45.9 Å². The number of nitrogens with one attached hydrogen (secondary N) is 2. The summed E-state index contributed by atoms with van der Waals surface area (Å²) in [6.07, 6.45) is 1.79. The number of ether oxygens (including phenoxy) is 1. The lowest BCUT2D eigenvalue weighted by Crippen LogP contribution is -2.29. The third kappa shape index (κ3) is 3.76. The van der Waals surface area contributed by atoms with Crippen LogP contribution in [0.2, 0.25) is 0 Å². The van der Waals surface area contributed by atoms with Crippen molar-refractivity contribution in [2.24, 2.45) is 0 Å². The maximum absolute atomic E-state index is 11.7. The van der Waals surface area contributed by atoms with Gasteiger partial charge in [-0.05, 0) is 66.5 Å². The third-order valence-electron chi connectivity index (χ3n) is 5.04. The van der Waals surface area contributed by atoms with E-state index in [9.17, 15) is 4.79 Å². The monoisotopic (exact) mass is 438 g/mol. The summed E-state index contributed by atoms with van der Waals surface area (Å²) in [6.45, 7) is 3.58. The normalized spacial score (nSPS) is 18.2. The number of methoxy groups -OCH3 is 1. The number of nitrogens with zero attached hydrogens (tertiary/aromatic N) is 2. The highest BCUT2D eigenvalue weighted by atomic mass is 32.1. The van der Waals surface area contributed by atoms with Gasteiger partial charge < -0.3 is 20.3 Å². The molecule has 0 saturated carbocycles. The molecule has 3 aromatic rings. The van der Waals surface area contributed by atoms with Gasteiger partial charge in [-0.25, -0.2) is 0 Å². The Kier molecular flexibility index (Phi) is 5.69. The first-order chi connectivity index (χ1) is 14.5. The predicted molar refractivity (Wildman–Crippen MR) is 124 cm³/mol. The summed E-state index contributed by atoms with van der Waals surface area (Å²) in [4.78, 5) is 19.6. The van der Waals surface area contributed by atoms with Crippen molar-refractivity contribution in [2.45, 2.75) is 25.9 Å². The number of carbonyl (C=O) groups excluding carboxylic acids is 1. The van der Waals surface area contributed by atoms with Crippen LogP contribution in [0.25, 0.3) is 0 Å². The standard InChI is InChI=1S/C22H22N4O2S2/c1-13-9-11-30-21(13)20-19(16-6-4-5-10-23-16)25-22(29)26(20)15-7-8-18(28-3)17(12-15)24-14(2)27/h4-12,19-20H,1-3H3,(H,24,27)(H,25,29)/t19-,20-/m1/s1. The molecule has 1 aliphatic rings. The second kappa shape index (κ2) is 8.41. The molecule has 8 heteroatoms. The van der Waals surface area contributed by atoms with Gasteiger partial charge in [0.15, 0.2) is 5.11 Å². The molecule has 0 spiro atoms. The molecule has 1 amide bonds. The van der Waals surface area contributed by atoms with Crippen LogP contribution in [0.3, 0.4) is 0 Å². The Morgan fingerprint density at radius 3 is 2.77 bits per heavy atom. The van der Waals surface area contributed by atoms with E-state index in [1.807, 2.05) is 36.4 Å².